The highest BCUT2D eigenvalue weighted by Gasteiger charge is 2.44. The second kappa shape index (κ2) is 4.20. The fraction of sp³-hybridized carbons (Fsp3) is 0.562. The minimum absolute atomic E-state index is 0.101. The van der Waals surface area contributed by atoms with Gasteiger partial charge in [0, 0.05) is 5.56 Å². The Morgan fingerprint density at radius 3 is 2.44 bits per heavy atom. The number of Topliss-reactive ketones (excluding diaryl/α,β-unsaturated/α-hetero) is 1. The van der Waals surface area contributed by atoms with Gasteiger partial charge in [0.2, 0.25) is 0 Å². The van der Waals surface area contributed by atoms with Crippen LogP contribution in [-0.2, 0) is 4.74 Å². The van der Waals surface area contributed by atoms with Crippen LogP contribution in [0.1, 0.15) is 46.3 Å². The third kappa shape index (κ3) is 1.79. The quantitative estimate of drug-likeness (QED) is 0.746. The fourth-order valence-corrected chi connectivity index (χ4v) is 3.34. The Bertz CT molecular complexity index is 504. The number of ketones is 1. The topological polar surface area (TPSA) is 26.3 Å². The molecule has 2 nitrogen and oxygen atoms in total. The van der Waals surface area contributed by atoms with Crippen LogP contribution in [0, 0.1) is 26.7 Å². The molecule has 3 rings (SSSR count). The lowest BCUT2D eigenvalue weighted by Crippen LogP contribution is -2.26. The van der Waals surface area contributed by atoms with Gasteiger partial charge in [-0.1, -0.05) is 6.07 Å². The summed E-state index contributed by atoms with van der Waals surface area (Å²) in [6, 6.07) is 4.18. The summed E-state index contributed by atoms with van der Waals surface area (Å²) in [6.45, 7) is 6.20. The largest absolute Gasteiger partial charge is 0.374 e. The van der Waals surface area contributed by atoms with Crippen molar-refractivity contribution in [3.8, 4) is 0 Å². The molecule has 3 unspecified atom stereocenters. The summed E-state index contributed by atoms with van der Waals surface area (Å²) in [5, 5.41) is 0. The summed E-state index contributed by atoms with van der Waals surface area (Å²) in [5.74, 6) is 0.396. The first kappa shape index (κ1) is 11.9. The second-order valence-corrected chi connectivity index (χ2v) is 5.83. The van der Waals surface area contributed by atoms with Crippen molar-refractivity contribution in [2.45, 2.75) is 52.2 Å². The SMILES string of the molecule is Cc1cc(C)c(C(=O)C2CC3CCC2O3)cc1C. The number of carbonyl (C=O) groups is 1. The monoisotopic (exact) mass is 244 g/mol. The first-order valence-electron chi connectivity index (χ1n) is 6.84. The van der Waals surface area contributed by atoms with Gasteiger partial charge in [0.1, 0.15) is 0 Å². The number of fused-ring (bicyclic) bond motifs is 2. The standard InChI is InChI=1S/C16H20O2/c1-9-6-11(3)13(7-10(9)2)16(17)14-8-12-4-5-15(14)18-12/h6-7,12,14-15H,4-5,8H2,1-3H3. The Morgan fingerprint density at radius 2 is 1.83 bits per heavy atom. The molecule has 2 aliphatic heterocycles. The summed E-state index contributed by atoms with van der Waals surface area (Å²) in [5.41, 5.74) is 4.46. The van der Waals surface area contributed by atoms with Crippen LogP contribution in [0.4, 0.5) is 0 Å². The molecule has 0 aliphatic carbocycles. The van der Waals surface area contributed by atoms with Gasteiger partial charge in [0.15, 0.2) is 5.78 Å². The molecule has 18 heavy (non-hydrogen) atoms. The number of carbonyl (C=O) groups excluding carboxylic acids is 1. The number of hydrogen-bond donors (Lipinski definition) is 0. The number of aryl methyl sites for hydroxylation is 3. The van der Waals surface area contributed by atoms with E-state index in [0.717, 1.165) is 30.4 Å². The molecule has 3 atom stereocenters. The van der Waals surface area contributed by atoms with E-state index in [1.807, 2.05) is 6.92 Å². The lowest BCUT2D eigenvalue weighted by atomic mass is 9.82. The molecule has 0 saturated carbocycles. The molecular formula is C16H20O2. The zero-order valence-electron chi connectivity index (χ0n) is 11.3. The van der Waals surface area contributed by atoms with Crippen molar-refractivity contribution in [1.82, 2.24) is 0 Å². The second-order valence-electron chi connectivity index (χ2n) is 5.83. The molecule has 2 heterocycles. The highest BCUT2D eigenvalue weighted by atomic mass is 16.5. The fourth-order valence-electron chi connectivity index (χ4n) is 3.34. The van der Waals surface area contributed by atoms with Crippen molar-refractivity contribution in [2.24, 2.45) is 5.92 Å². The van der Waals surface area contributed by atoms with E-state index in [1.54, 1.807) is 0 Å². The van der Waals surface area contributed by atoms with Crippen LogP contribution in [0.2, 0.25) is 0 Å². The van der Waals surface area contributed by atoms with Crippen LogP contribution in [0.25, 0.3) is 0 Å². The summed E-state index contributed by atoms with van der Waals surface area (Å²) >= 11 is 0. The van der Waals surface area contributed by atoms with Gasteiger partial charge in [-0.15, -0.1) is 0 Å². The molecule has 96 valence electrons. The normalized spacial score (nSPS) is 29.8. The van der Waals surface area contributed by atoms with Crippen molar-refractivity contribution in [2.75, 3.05) is 0 Å². The Balaban J connectivity index is 1.91. The Kier molecular flexibility index (Phi) is 2.78. The molecule has 0 N–H and O–H groups in total. The van der Waals surface area contributed by atoms with Crippen LogP contribution in [-0.4, -0.2) is 18.0 Å². The predicted molar refractivity (Wildman–Crippen MR) is 71.0 cm³/mol. The maximum absolute atomic E-state index is 12.6. The third-order valence-corrected chi connectivity index (χ3v) is 4.55. The van der Waals surface area contributed by atoms with Crippen LogP contribution < -0.4 is 0 Å². The molecule has 2 fully saturated rings. The van der Waals surface area contributed by atoms with Gasteiger partial charge in [0.25, 0.3) is 0 Å². The molecule has 2 saturated heterocycles. The predicted octanol–water partition coefficient (Wildman–Crippen LogP) is 3.36. The van der Waals surface area contributed by atoms with Gasteiger partial charge in [-0.05, 0) is 62.8 Å². The minimum atomic E-state index is 0.101. The van der Waals surface area contributed by atoms with E-state index in [-0.39, 0.29) is 12.0 Å². The van der Waals surface area contributed by atoms with Crippen LogP contribution in [0.3, 0.4) is 0 Å². The average Bonchev–Trinajstić information content (AvgIpc) is 2.95. The number of benzene rings is 1. The van der Waals surface area contributed by atoms with Gasteiger partial charge < -0.3 is 4.74 Å². The van der Waals surface area contributed by atoms with E-state index in [0.29, 0.717) is 11.9 Å². The molecular weight excluding hydrogens is 224 g/mol. The lowest BCUT2D eigenvalue weighted by Gasteiger charge is -2.19. The van der Waals surface area contributed by atoms with Crippen LogP contribution >= 0.6 is 0 Å². The third-order valence-electron chi connectivity index (χ3n) is 4.55. The van der Waals surface area contributed by atoms with Crippen molar-refractivity contribution in [1.29, 1.82) is 0 Å². The number of hydrogen-bond acceptors (Lipinski definition) is 2. The minimum Gasteiger partial charge on any atom is -0.374 e. The molecule has 0 radical (unpaired) electrons. The van der Waals surface area contributed by atoms with Gasteiger partial charge in [-0.2, -0.15) is 0 Å². The molecule has 0 amide bonds. The summed E-state index contributed by atoms with van der Waals surface area (Å²) in [6.07, 6.45) is 3.65. The molecule has 2 heteroatoms. The van der Waals surface area contributed by atoms with Crippen molar-refractivity contribution >= 4 is 5.78 Å². The van der Waals surface area contributed by atoms with Gasteiger partial charge in [-0.25, -0.2) is 0 Å². The highest BCUT2D eigenvalue weighted by molar-refractivity contribution is 6.00. The maximum Gasteiger partial charge on any atom is 0.168 e. The van der Waals surface area contributed by atoms with Gasteiger partial charge in [0.05, 0.1) is 18.1 Å². The smallest absolute Gasteiger partial charge is 0.168 e. The number of rotatable bonds is 2. The average molecular weight is 244 g/mol. The van der Waals surface area contributed by atoms with Gasteiger partial charge in [-0.3, -0.25) is 4.79 Å². The molecule has 1 aromatic carbocycles. The first-order chi connectivity index (χ1) is 8.56. The van der Waals surface area contributed by atoms with E-state index in [4.69, 9.17) is 4.74 Å². The molecule has 0 aromatic heterocycles. The van der Waals surface area contributed by atoms with E-state index in [1.165, 1.54) is 11.1 Å². The van der Waals surface area contributed by atoms with Gasteiger partial charge >= 0.3 is 0 Å². The van der Waals surface area contributed by atoms with E-state index < -0.39 is 0 Å². The van der Waals surface area contributed by atoms with Crippen molar-refractivity contribution in [3.63, 3.8) is 0 Å². The maximum atomic E-state index is 12.6. The molecule has 2 bridgehead atoms. The van der Waals surface area contributed by atoms with Crippen molar-refractivity contribution in [3.05, 3.63) is 34.4 Å². The Labute approximate surface area is 108 Å². The highest BCUT2D eigenvalue weighted by Crippen LogP contribution is 2.40. The summed E-state index contributed by atoms with van der Waals surface area (Å²) in [4.78, 5) is 12.6. The zero-order valence-corrected chi connectivity index (χ0v) is 11.3. The van der Waals surface area contributed by atoms with Crippen molar-refractivity contribution < 1.29 is 9.53 Å². The van der Waals surface area contributed by atoms with E-state index in [9.17, 15) is 4.79 Å². The molecule has 1 aromatic rings. The molecule has 0 spiro atoms. The van der Waals surface area contributed by atoms with E-state index >= 15 is 0 Å². The molecule has 2 aliphatic rings. The number of ether oxygens (including phenoxy) is 1. The first-order valence-corrected chi connectivity index (χ1v) is 6.84. The summed E-state index contributed by atoms with van der Waals surface area (Å²) < 4.78 is 5.80. The van der Waals surface area contributed by atoms with E-state index in [2.05, 4.69) is 26.0 Å². The lowest BCUT2D eigenvalue weighted by molar-refractivity contribution is 0.0743. The summed E-state index contributed by atoms with van der Waals surface area (Å²) in [7, 11) is 0. The Morgan fingerprint density at radius 1 is 1.11 bits per heavy atom. The van der Waals surface area contributed by atoms with Crippen LogP contribution in [0.5, 0.6) is 0 Å². The van der Waals surface area contributed by atoms with Crippen LogP contribution in [0.15, 0.2) is 12.1 Å². The zero-order chi connectivity index (χ0) is 12.9. The Hall–Kier alpha value is -1.15.